The van der Waals surface area contributed by atoms with Crippen molar-refractivity contribution in [3.63, 3.8) is 0 Å². The summed E-state index contributed by atoms with van der Waals surface area (Å²) in [5.41, 5.74) is 1.02. The number of nitrogens with zero attached hydrogens (tertiary/aromatic N) is 1. The number of benzene rings is 1. The van der Waals surface area contributed by atoms with Crippen molar-refractivity contribution < 1.29 is 24.2 Å². The van der Waals surface area contributed by atoms with E-state index in [0.29, 0.717) is 32.5 Å². The Balaban J connectivity index is 1.63. The molecule has 2 fully saturated rings. The van der Waals surface area contributed by atoms with E-state index in [2.05, 4.69) is 15.9 Å². The van der Waals surface area contributed by atoms with Crippen molar-refractivity contribution in [2.75, 3.05) is 19.7 Å². The van der Waals surface area contributed by atoms with E-state index < -0.39 is 18.2 Å². The van der Waals surface area contributed by atoms with E-state index in [1.54, 1.807) is 4.90 Å². The highest BCUT2D eigenvalue weighted by atomic mass is 79.9. The molecule has 3 rings (SSSR count). The lowest BCUT2D eigenvalue weighted by molar-refractivity contribution is -0.158. The molecule has 1 aromatic rings. The molecule has 0 saturated carbocycles. The molecule has 1 N–H and O–H groups in total. The molecule has 2 aliphatic rings. The van der Waals surface area contributed by atoms with Crippen LogP contribution in [-0.4, -0.2) is 53.8 Å². The Bertz CT molecular complexity index is 591. The molecule has 0 aliphatic carbocycles. The fourth-order valence-electron chi connectivity index (χ4n) is 2.93. The van der Waals surface area contributed by atoms with Crippen LogP contribution in [0.15, 0.2) is 28.7 Å². The van der Waals surface area contributed by atoms with Crippen LogP contribution in [0.3, 0.4) is 0 Å². The first-order valence-corrected chi connectivity index (χ1v) is 8.38. The Labute approximate surface area is 142 Å². The van der Waals surface area contributed by atoms with Crippen molar-refractivity contribution in [1.82, 2.24) is 4.90 Å². The highest BCUT2D eigenvalue weighted by Crippen LogP contribution is 2.27. The zero-order chi connectivity index (χ0) is 16.4. The summed E-state index contributed by atoms with van der Waals surface area (Å²) in [6.45, 7) is 1.42. The third-order valence-corrected chi connectivity index (χ3v) is 4.72. The van der Waals surface area contributed by atoms with Gasteiger partial charge in [-0.2, -0.15) is 0 Å². The summed E-state index contributed by atoms with van der Waals surface area (Å²) in [7, 11) is 0. The maximum Gasteiger partial charge on any atom is 0.332 e. The van der Waals surface area contributed by atoms with Crippen LogP contribution in [0.4, 0.5) is 0 Å². The fraction of sp³-hybridized carbons (Fsp3) is 0.500. The van der Waals surface area contributed by atoms with Crippen LogP contribution in [0.25, 0.3) is 0 Å². The van der Waals surface area contributed by atoms with E-state index in [1.165, 1.54) is 0 Å². The molecule has 2 heterocycles. The van der Waals surface area contributed by atoms with Gasteiger partial charge in [-0.05, 0) is 30.5 Å². The van der Waals surface area contributed by atoms with Crippen LogP contribution in [0, 0.1) is 0 Å². The van der Waals surface area contributed by atoms with E-state index in [4.69, 9.17) is 14.6 Å². The minimum Gasteiger partial charge on any atom is -0.479 e. The second-order valence-electron chi connectivity index (χ2n) is 5.72. The molecule has 3 atom stereocenters. The summed E-state index contributed by atoms with van der Waals surface area (Å²) in [6, 6.07) is 7.82. The molecule has 2 aliphatic heterocycles. The normalized spacial score (nSPS) is 27.9. The molecule has 1 unspecified atom stereocenters. The maximum atomic E-state index is 12.5. The van der Waals surface area contributed by atoms with Crippen molar-refractivity contribution in [3.8, 4) is 0 Å². The molecule has 2 saturated heterocycles. The van der Waals surface area contributed by atoms with Crippen molar-refractivity contribution in [1.29, 1.82) is 0 Å². The van der Waals surface area contributed by atoms with Gasteiger partial charge in [0.15, 0.2) is 6.10 Å². The van der Waals surface area contributed by atoms with E-state index in [-0.39, 0.29) is 12.0 Å². The summed E-state index contributed by atoms with van der Waals surface area (Å²) in [6.07, 6.45) is -0.855. The van der Waals surface area contributed by atoms with Crippen LogP contribution < -0.4 is 0 Å². The van der Waals surface area contributed by atoms with Gasteiger partial charge in [0.25, 0.3) is 5.91 Å². The Morgan fingerprint density at radius 1 is 1.17 bits per heavy atom. The minimum atomic E-state index is -1.00. The molecule has 1 aromatic carbocycles. The number of halogens is 1. The molecule has 6 nitrogen and oxygen atoms in total. The third-order valence-electron chi connectivity index (χ3n) is 4.19. The topological polar surface area (TPSA) is 76.1 Å². The number of amides is 1. The first-order valence-electron chi connectivity index (χ1n) is 7.58. The van der Waals surface area contributed by atoms with Gasteiger partial charge >= 0.3 is 5.97 Å². The Morgan fingerprint density at radius 2 is 1.87 bits per heavy atom. The quantitative estimate of drug-likeness (QED) is 0.863. The average molecular weight is 384 g/mol. The smallest absolute Gasteiger partial charge is 0.332 e. The van der Waals surface area contributed by atoms with Crippen LogP contribution in [0.1, 0.15) is 24.5 Å². The number of hydrogen-bond donors (Lipinski definition) is 1. The lowest BCUT2D eigenvalue weighted by Gasteiger charge is -2.34. The van der Waals surface area contributed by atoms with Gasteiger partial charge in [0, 0.05) is 11.0 Å². The summed E-state index contributed by atoms with van der Waals surface area (Å²) >= 11 is 3.40. The van der Waals surface area contributed by atoms with Gasteiger partial charge in [-0.25, -0.2) is 4.79 Å². The number of carboxylic acid groups (broad SMARTS) is 1. The average Bonchev–Trinajstić information content (AvgIpc) is 3.05. The SMILES string of the molecule is O=C(O)[C@H]1CC[C@@H](C(=O)N2CCOC(c3ccc(Br)cc3)C2)O1. The molecule has 0 radical (unpaired) electrons. The number of carbonyl (C=O) groups is 2. The van der Waals surface area contributed by atoms with Crippen molar-refractivity contribution in [2.24, 2.45) is 0 Å². The number of carbonyl (C=O) groups excluding carboxylic acids is 1. The highest BCUT2D eigenvalue weighted by molar-refractivity contribution is 9.10. The van der Waals surface area contributed by atoms with Crippen molar-refractivity contribution in [2.45, 2.75) is 31.2 Å². The van der Waals surface area contributed by atoms with Gasteiger partial charge in [0.1, 0.15) is 12.2 Å². The molecular weight excluding hydrogens is 366 g/mol. The zero-order valence-electron chi connectivity index (χ0n) is 12.5. The van der Waals surface area contributed by atoms with Crippen molar-refractivity contribution >= 4 is 27.8 Å². The maximum absolute atomic E-state index is 12.5. The lowest BCUT2D eigenvalue weighted by atomic mass is 10.1. The Morgan fingerprint density at radius 3 is 2.52 bits per heavy atom. The van der Waals surface area contributed by atoms with E-state index in [0.717, 1.165) is 10.0 Å². The molecule has 0 spiro atoms. The zero-order valence-corrected chi connectivity index (χ0v) is 14.1. The second kappa shape index (κ2) is 6.98. The Hall–Kier alpha value is -1.44. The lowest BCUT2D eigenvalue weighted by Crippen LogP contribution is -2.46. The summed E-state index contributed by atoms with van der Waals surface area (Å²) in [4.78, 5) is 25.2. The van der Waals surface area contributed by atoms with Gasteiger partial charge in [0.2, 0.25) is 0 Å². The summed E-state index contributed by atoms with van der Waals surface area (Å²) < 4.78 is 12.1. The molecule has 23 heavy (non-hydrogen) atoms. The van der Waals surface area contributed by atoms with Gasteiger partial charge < -0.3 is 19.5 Å². The fourth-order valence-corrected chi connectivity index (χ4v) is 3.20. The van der Waals surface area contributed by atoms with E-state index >= 15 is 0 Å². The number of aliphatic carboxylic acids is 1. The van der Waals surface area contributed by atoms with Gasteiger partial charge in [-0.3, -0.25) is 4.79 Å². The van der Waals surface area contributed by atoms with E-state index in [1.807, 2.05) is 24.3 Å². The van der Waals surface area contributed by atoms with Gasteiger partial charge in [-0.15, -0.1) is 0 Å². The second-order valence-corrected chi connectivity index (χ2v) is 6.64. The van der Waals surface area contributed by atoms with Crippen LogP contribution in [-0.2, 0) is 19.1 Å². The van der Waals surface area contributed by atoms with Crippen LogP contribution >= 0.6 is 15.9 Å². The molecule has 1 amide bonds. The summed E-state index contributed by atoms with van der Waals surface area (Å²) in [5.74, 6) is -1.14. The van der Waals surface area contributed by atoms with Gasteiger partial charge in [-0.1, -0.05) is 28.1 Å². The molecular formula is C16H18BrNO5. The number of rotatable bonds is 3. The van der Waals surface area contributed by atoms with Crippen LogP contribution in [0.2, 0.25) is 0 Å². The Kier molecular flexibility index (Phi) is 4.99. The van der Waals surface area contributed by atoms with Crippen molar-refractivity contribution in [3.05, 3.63) is 34.3 Å². The largest absolute Gasteiger partial charge is 0.479 e. The third kappa shape index (κ3) is 3.73. The predicted molar refractivity (Wildman–Crippen MR) is 84.9 cm³/mol. The number of ether oxygens (including phenoxy) is 2. The first kappa shape index (κ1) is 16.4. The van der Waals surface area contributed by atoms with E-state index in [9.17, 15) is 9.59 Å². The number of morpholine rings is 1. The monoisotopic (exact) mass is 383 g/mol. The van der Waals surface area contributed by atoms with Gasteiger partial charge in [0.05, 0.1) is 13.2 Å². The standard InChI is InChI=1S/C16H18BrNO5/c17-11-3-1-10(2-4-11)14-9-18(7-8-22-14)15(19)12-5-6-13(23-12)16(20)21/h1-4,12-14H,5-9H2,(H,20,21)/t12-,13+,14?/m0/s1. The molecule has 0 aromatic heterocycles. The number of carboxylic acids is 1. The summed E-state index contributed by atoms with van der Waals surface area (Å²) in [5, 5.41) is 8.96. The van der Waals surface area contributed by atoms with Crippen LogP contribution in [0.5, 0.6) is 0 Å². The molecule has 124 valence electrons. The number of hydrogen-bond acceptors (Lipinski definition) is 4. The first-order chi connectivity index (χ1) is 11.0. The predicted octanol–water partition coefficient (Wildman–Crippen LogP) is 1.98. The minimum absolute atomic E-state index is 0.140. The molecule has 7 heteroatoms. The molecule has 0 bridgehead atoms. The highest BCUT2D eigenvalue weighted by Gasteiger charge is 2.38.